The van der Waals surface area contributed by atoms with Gasteiger partial charge in [0.15, 0.2) is 0 Å². The molecule has 1 aliphatic rings. The number of aliphatic hydroxyl groups is 1. The van der Waals surface area contributed by atoms with Gasteiger partial charge in [-0.3, -0.25) is 0 Å². The van der Waals surface area contributed by atoms with Crippen LogP contribution in [0, 0.1) is 6.92 Å². The summed E-state index contributed by atoms with van der Waals surface area (Å²) in [5.41, 5.74) is 1.40. The lowest BCUT2D eigenvalue weighted by Crippen LogP contribution is -2.31. The van der Waals surface area contributed by atoms with Crippen molar-refractivity contribution < 1.29 is 28.2 Å². The summed E-state index contributed by atoms with van der Waals surface area (Å²) in [5.74, 6) is -1.11. The third-order valence-corrected chi connectivity index (χ3v) is 7.07. The number of rotatable bonds is 6. The maximum absolute atomic E-state index is 13.0. The van der Waals surface area contributed by atoms with Gasteiger partial charge in [-0.1, -0.05) is 18.2 Å². The zero-order chi connectivity index (χ0) is 27.8. The molecular formula is C28H26F3N5O3. The second-order valence-corrected chi connectivity index (χ2v) is 9.81. The molecule has 0 amide bonds. The smallest absolute Gasteiger partial charge is 0.433 e. The summed E-state index contributed by atoms with van der Waals surface area (Å²) in [7, 11) is 0. The standard InChI is InChI=1S/C28H26F3N5O3/c1-17-12-19(34-26-32-11-8-23(35-26)28(29,30)31)14-20(13-17)36-15-24(33-16-36)27(39)9-6-18(7-10-27)21-4-2-3-5-22(21)25(37)38/h2-5,8,11-16,18,39H,6-7,9-10H2,1H3,(H,37,38)(H,32,34,35). The number of carboxylic acid groups (broad SMARTS) is 1. The minimum Gasteiger partial charge on any atom is -0.478 e. The van der Waals surface area contributed by atoms with E-state index in [0.717, 1.165) is 23.4 Å². The molecule has 1 saturated carbocycles. The fourth-order valence-electron chi connectivity index (χ4n) is 5.10. The Morgan fingerprint density at radius 2 is 1.85 bits per heavy atom. The van der Waals surface area contributed by atoms with Gasteiger partial charge in [0, 0.05) is 23.8 Å². The van der Waals surface area contributed by atoms with Crippen molar-refractivity contribution in [1.82, 2.24) is 19.5 Å². The summed E-state index contributed by atoms with van der Waals surface area (Å²) in [6, 6.07) is 13.1. The predicted octanol–water partition coefficient (Wildman–Crippen LogP) is 5.98. The Balaban J connectivity index is 1.33. The van der Waals surface area contributed by atoms with Crippen molar-refractivity contribution >= 4 is 17.6 Å². The zero-order valence-corrected chi connectivity index (χ0v) is 21.0. The zero-order valence-electron chi connectivity index (χ0n) is 21.0. The van der Waals surface area contributed by atoms with Gasteiger partial charge >= 0.3 is 12.1 Å². The molecule has 2 heterocycles. The first-order valence-corrected chi connectivity index (χ1v) is 12.4. The number of hydrogen-bond donors (Lipinski definition) is 3. The van der Waals surface area contributed by atoms with Gasteiger partial charge < -0.3 is 20.1 Å². The number of alkyl halides is 3. The number of halogens is 3. The van der Waals surface area contributed by atoms with E-state index in [1.54, 1.807) is 41.4 Å². The largest absolute Gasteiger partial charge is 0.478 e. The van der Waals surface area contributed by atoms with Crippen LogP contribution in [0.1, 0.15) is 64.5 Å². The number of carbonyl (C=O) groups is 1. The van der Waals surface area contributed by atoms with Crippen LogP contribution in [0.4, 0.5) is 24.8 Å². The molecule has 0 atom stereocenters. The van der Waals surface area contributed by atoms with E-state index in [0.29, 0.717) is 42.8 Å². The van der Waals surface area contributed by atoms with Crippen molar-refractivity contribution in [2.75, 3.05) is 5.32 Å². The summed E-state index contributed by atoms with van der Waals surface area (Å²) in [4.78, 5) is 23.5. The lowest BCUT2D eigenvalue weighted by atomic mass is 9.74. The van der Waals surface area contributed by atoms with Crippen LogP contribution in [-0.4, -0.2) is 35.7 Å². The molecule has 0 bridgehead atoms. The lowest BCUT2D eigenvalue weighted by Gasteiger charge is -2.35. The van der Waals surface area contributed by atoms with Crippen molar-refractivity contribution in [3.63, 3.8) is 0 Å². The molecule has 1 aliphatic carbocycles. The first-order valence-electron chi connectivity index (χ1n) is 12.4. The van der Waals surface area contributed by atoms with Crippen molar-refractivity contribution in [1.29, 1.82) is 0 Å². The van der Waals surface area contributed by atoms with E-state index in [-0.39, 0.29) is 17.4 Å². The Kier molecular flexibility index (Phi) is 6.85. The number of anilines is 2. The molecule has 1 fully saturated rings. The van der Waals surface area contributed by atoms with Gasteiger partial charge in [-0.15, -0.1) is 0 Å². The number of aromatic nitrogens is 4. The number of nitrogens with zero attached hydrogens (tertiary/aromatic N) is 4. The monoisotopic (exact) mass is 537 g/mol. The van der Waals surface area contributed by atoms with Gasteiger partial charge in [-0.2, -0.15) is 13.2 Å². The fraction of sp³-hybridized carbons (Fsp3) is 0.286. The van der Waals surface area contributed by atoms with Crippen LogP contribution in [0.25, 0.3) is 5.69 Å². The molecule has 0 saturated heterocycles. The summed E-state index contributed by atoms with van der Waals surface area (Å²) in [6.45, 7) is 1.85. The maximum Gasteiger partial charge on any atom is 0.433 e. The molecule has 3 N–H and O–H groups in total. The third kappa shape index (κ3) is 5.63. The Morgan fingerprint density at radius 1 is 1.10 bits per heavy atom. The summed E-state index contributed by atoms with van der Waals surface area (Å²) in [5, 5.41) is 23.8. The molecule has 0 radical (unpaired) electrons. The highest BCUT2D eigenvalue weighted by atomic mass is 19.4. The van der Waals surface area contributed by atoms with Crippen molar-refractivity contribution in [2.24, 2.45) is 0 Å². The van der Waals surface area contributed by atoms with E-state index in [9.17, 15) is 28.2 Å². The van der Waals surface area contributed by atoms with E-state index in [1.807, 2.05) is 25.1 Å². The van der Waals surface area contributed by atoms with Gasteiger partial charge in [-0.25, -0.2) is 19.7 Å². The molecule has 0 unspecified atom stereocenters. The maximum atomic E-state index is 13.0. The molecule has 202 valence electrons. The van der Waals surface area contributed by atoms with Gasteiger partial charge in [0.2, 0.25) is 5.95 Å². The number of imidazole rings is 1. The minimum atomic E-state index is -4.58. The molecule has 39 heavy (non-hydrogen) atoms. The molecule has 0 spiro atoms. The normalized spacial score (nSPS) is 19.6. The topological polar surface area (TPSA) is 113 Å². The quantitative estimate of drug-likeness (QED) is 0.277. The molecule has 0 aliphatic heterocycles. The van der Waals surface area contributed by atoms with Crippen LogP contribution >= 0.6 is 0 Å². The van der Waals surface area contributed by atoms with Gasteiger partial charge in [0.25, 0.3) is 0 Å². The molecule has 5 rings (SSSR count). The van der Waals surface area contributed by atoms with E-state index in [2.05, 4.69) is 20.3 Å². The van der Waals surface area contributed by atoms with Crippen LogP contribution in [0.15, 0.2) is 67.3 Å². The number of benzene rings is 2. The highest BCUT2D eigenvalue weighted by molar-refractivity contribution is 5.89. The molecule has 4 aromatic rings. The van der Waals surface area contributed by atoms with Crippen LogP contribution in [0.2, 0.25) is 0 Å². The van der Waals surface area contributed by atoms with Crippen molar-refractivity contribution in [3.8, 4) is 5.69 Å². The van der Waals surface area contributed by atoms with Crippen LogP contribution < -0.4 is 5.32 Å². The van der Waals surface area contributed by atoms with Gasteiger partial charge in [0.1, 0.15) is 11.3 Å². The molecule has 2 aromatic heterocycles. The highest BCUT2D eigenvalue weighted by Crippen LogP contribution is 2.43. The number of carboxylic acids is 1. The number of aryl methyl sites for hydroxylation is 1. The average molecular weight is 538 g/mol. The predicted molar refractivity (Wildman–Crippen MR) is 137 cm³/mol. The average Bonchev–Trinajstić information content (AvgIpc) is 3.40. The molecular weight excluding hydrogens is 511 g/mol. The second-order valence-electron chi connectivity index (χ2n) is 9.81. The highest BCUT2D eigenvalue weighted by Gasteiger charge is 2.38. The van der Waals surface area contributed by atoms with Gasteiger partial charge in [-0.05, 0) is 80.0 Å². The summed E-state index contributed by atoms with van der Waals surface area (Å²) < 4.78 is 40.8. The third-order valence-electron chi connectivity index (χ3n) is 7.07. The Morgan fingerprint density at radius 3 is 2.56 bits per heavy atom. The van der Waals surface area contributed by atoms with Crippen molar-refractivity contribution in [2.45, 2.75) is 50.3 Å². The summed E-state index contributed by atoms with van der Waals surface area (Å²) >= 11 is 0. The lowest BCUT2D eigenvalue weighted by molar-refractivity contribution is -0.141. The van der Waals surface area contributed by atoms with Crippen LogP contribution in [0.5, 0.6) is 0 Å². The van der Waals surface area contributed by atoms with Gasteiger partial charge in [0.05, 0.1) is 17.6 Å². The van der Waals surface area contributed by atoms with Crippen LogP contribution in [0.3, 0.4) is 0 Å². The number of nitrogens with one attached hydrogen (secondary N) is 1. The van der Waals surface area contributed by atoms with E-state index < -0.39 is 23.4 Å². The molecule has 2 aromatic carbocycles. The second kappa shape index (κ2) is 10.1. The van der Waals surface area contributed by atoms with E-state index in [1.165, 1.54) is 0 Å². The van der Waals surface area contributed by atoms with E-state index >= 15 is 0 Å². The summed E-state index contributed by atoms with van der Waals surface area (Å²) in [6.07, 6.45) is 1.87. The first kappa shape index (κ1) is 26.4. The minimum absolute atomic E-state index is 0.0307. The number of hydrogen-bond acceptors (Lipinski definition) is 6. The fourth-order valence-corrected chi connectivity index (χ4v) is 5.10. The Bertz CT molecular complexity index is 1510. The first-order chi connectivity index (χ1) is 18.5. The SMILES string of the molecule is Cc1cc(Nc2nccc(C(F)(F)F)n2)cc(-n2cnc(C3(O)CCC(c4ccccc4C(=O)O)CC3)c2)c1. The van der Waals surface area contributed by atoms with E-state index in [4.69, 9.17) is 0 Å². The molecule has 11 heteroatoms. The Labute approximate surface area is 222 Å². The van der Waals surface area contributed by atoms with Crippen molar-refractivity contribution in [3.05, 3.63) is 95.3 Å². The van der Waals surface area contributed by atoms with Crippen LogP contribution in [-0.2, 0) is 11.8 Å². The molecule has 8 nitrogen and oxygen atoms in total. The Hall–Kier alpha value is -4.25. The number of aromatic carboxylic acids is 1.